The Labute approximate surface area is 206 Å². The number of benzene rings is 1. The number of hydrogen-bond acceptors (Lipinski definition) is 7. The summed E-state index contributed by atoms with van der Waals surface area (Å²) in [6.07, 6.45) is 2.41. The second-order valence-corrected chi connectivity index (χ2v) is 9.02. The summed E-state index contributed by atoms with van der Waals surface area (Å²) in [6, 6.07) is 6.53. The molecule has 3 amide bonds. The third kappa shape index (κ3) is 7.40. The van der Waals surface area contributed by atoms with E-state index in [2.05, 4.69) is 15.6 Å². The van der Waals surface area contributed by atoms with Crippen LogP contribution in [0.4, 0.5) is 10.5 Å². The first-order valence-corrected chi connectivity index (χ1v) is 11.9. The van der Waals surface area contributed by atoms with Gasteiger partial charge in [-0.25, -0.2) is 4.79 Å². The molecular formula is C24H36N6O5. The third-order valence-electron chi connectivity index (χ3n) is 6.17. The first-order chi connectivity index (χ1) is 16.8. The van der Waals surface area contributed by atoms with E-state index >= 15 is 0 Å². The Morgan fingerprint density at radius 1 is 1.43 bits per heavy atom. The van der Waals surface area contributed by atoms with Crippen molar-refractivity contribution in [2.24, 2.45) is 5.92 Å². The number of nitrogens with one attached hydrogen (secondary N) is 1. The summed E-state index contributed by atoms with van der Waals surface area (Å²) < 4.78 is 13.1. The minimum absolute atomic E-state index is 0.0270. The van der Waals surface area contributed by atoms with Crippen LogP contribution in [0.2, 0.25) is 0 Å². The van der Waals surface area contributed by atoms with Crippen molar-refractivity contribution in [3.63, 3.8) is 0 Å². The van der Waals surface area contributed by atoms with Crippen LogP contribution in [-0.2, 0) is 22.7 Å². The Balaban J connectivity index is 1.75. The molecule has 35 heavy (non-hydrogen) atoms. The highest BCUT2D eigenvalue weighted by atomic mass is 16.5. The molecule has 0 unspecified atom stereocenters. The average Bonchev–Trinajstić information content (AvgIpc) is 3.31. The second kappa shape index (κ2) is 12.5. The van der Waals surface area contributed by atoms with E-state index in [9.17, 15) is 14.7 Å². The van der Waals surface area contributed by atoms with E-state index in [0.717, 1.165) is 0 Å². The van der Waals surface area contributed by atoms with Gasteiger partial charge in [0.05, 0.1) is 38.7 Å². The molecule has 1 aromatic carbocycles. The maximum Gasteiger partial charge on any atom is 0.321 e. The summed E-state index contributed by atoms with van der Waals surface area (Å²) in [5.41, 5.74) is 1.31. The largest absolute Gasteiger partial charge is 0.497 e. The molecule has 0 saturated carbocycles. The van der Waals surface area contributed by atoms with Gasteiger partial charge in [-0.2, -0.15) is 0 Å². The molecular weight excluding hydrogens is 452 g/mol. The molecule has 0 spiro atoms. The number of hydrogen-bond donors (Lipinski definition) is 2. The van der Waals surface area contributed by atoms with E-state index in [1.807, 2.05) is 20.0 Å². The predicted octanol–water partition coefficient (Wildman–Crippen LogP) is 1.98. The number of nitrogens with zero attached hydrogens (tertiary/aromatic N) is 5. The van der Waals surface area contributed by atoms with Crippen molar-refractivity contribution in [3.8, 4) is 5.75 Å². The lowest BCUT2D eigenvalue weighted by Crippen LogP contribution is -2.48. The van der Waals surface area contributed by atoms with Crippen LogP contribution in [0.15, 0.2) is 30.5 Å². The summed E-state index contributed by atoms with van der Waals surface area (Å²) in [4.78, 5) is 29.1. The number of anilines is 1. The lowest BCUT2D eigenvalue weighted by atomic mass is 10.0. The Bertz CT molecular complexity index is 983. The fourth-order valence-corrected chi connectivity index (χ4v) is 3.97. The van der Waals surface area contributed by atoms with Crippen LogP contribution in [0.5, 0.6) is 5.75 Å². The van der Waals surface area contributed by atoms with Crippen LogP contribution in [0, 0.1) is 5.92 Å². The molecule has 11 heteroatoms. The van der Waals surface area contributed by atoms with E-state index in [-0.39, 0.29) is 43.2 Å². The van der Waals surface area contributed by atoms with Gasteiger partial charge in [-0.1, -0.05) is 18.2 Å². The molecule has 3 atom stereocenters. The number of aryl methyl sites for hydroxylation is 1. The van der Waals surface area contributed by atoms with Crippen LogP contribution in [0.25, 0.3) is 0 Å². The van der Waals surface area contributed by atoms with Crippen LogP contribution in [-0.4, -0.2) is 87.8 Å². The molecule has 192 valence electrons. The maximum absolute atomic E-state index is 13.0. The van der Waals surface area contributed by atoms with E-state index in [4.69, 9.17) is 9.47 Å². The molecule has 0 aliphatic carbocycles. The van der Waals surface area contributed by atoms with Crippen molar-refractivity contribution in [2.75, 3.05) is 39.2 Å². The zero-order valence-electron chi connectivity index (χ0n) is 20.9. The van der Waals surface area contributed by atoms with Crippen LogP contribution in [0.1, 0.15) is 32.4 Å². The number of rotatable bonds is 6. The van der Waals surface area contributed by atoms with Crippen LogP contribution in [0.3, 0.4) is 0 Å². The predicted molar refractivity (Wildman–Crippen MR) is 130 cm³/mol. The normalized spacial score (nSPS) is 20.3. The number of ether oxygens (including phenoxy) is 2. The smallest absolute Gasteiger partial charge is 0.321 e. The zero-order chi connectivity index (χ0) is 25.4. The summed E-state index contributed by atoms with van der Waals surface area (Å²) in [6.45, 7) is 5.20. The summed E-state index contributed by atoms with van der Waals surface area (Å²) in [5.74, 6) is 0.505. The Hall–Kier alpha value is -3.18. The van der Waals surface area contributed by atoms with Crippen molar-refractivity contribution in [3.05, 3.63) is 36.2 Å². The first kappa shape index (κ1) is 26.4. The van der Waals surface area contributed by atoms with Gasteiger partial charge in [0.2, 0.25) is 5.91 Å². The quantitative estimate of drug-likeness (QED) is 0.637. The molecule has 2 bridgehead atoms. The topological polar surface area (TPSA) is 122 Å². The maximum atomic E-state index is 13.0. The Morgan fingerprint density at radius 3 is 2.97 bits per heavy atom. The SMILES string of the molecule is COc1cccc(NC(=O)N(C)C[C@H]2OCc3cn(nn3)CCCC(=O)N([C@H](C)CO)C[C@@H]2C)c1. The Morgan fingerprint density at radius 2 is 2.23 bits per heavy atom. The highest BCUT2D eigenvalue weighted by molar-refractivity contribution is 5.89. The third-order valence-corrected chi connectivity index (χ3v) is 6.17. The average molecular weight is 489 g/mol. The van der Waals surface area contributed by atoms with Gasteiger partial charge in [-0.15, -0.1) is 5.10 Å². The minimum atomic E-state index is -0.386. The molecule has 1 aliphatic rings. The van der Waals surface area contributed by atoms with Gasteiger partial charge in [-0.3, -0.25) is 9.48 Å². The van der Waals surface area contributed by atoms with Gasteiger partial charge in [0.1, 0.15) is 11.4 Å². The standard InChI is InChI=1S/C24H36N6O5/c1-17-12-30(18(2)15-31)23(32)9-6-10-29-13-20(26-27-29)16-35-22(17)14-28(3)24(33)25-19-7-5-8-21(11-19)34-4/h5,7-8,11,13,17-18,22,31H,6,9-10,12,14-16H2,1-4H3,(H,25,33)/t17-,18+,22+/m0/s1. The van der Waals surface area contributed by atoms with Gasteiger partial charge in [-0.05, 0) is 25.5 Å². The number of urea groups is 1. The van der Waals surface area contributed by atoms with Crippen LogP contribution < -0.4 is 10.1 Å². The van der Waals surface area contributed by atoms with Gasteiger partial charge < -0.3 is 29.7 Å². The van der Waals surface area contributed by atoms with Crippen molar-refractivity contribution < 1.29 is 24.2 Å². The van der Waals surface area contributed by atoms with E-state index in [0.29, 0.717) is 49.6 Å². The molecule has 1 aliphatic heterocycles. The molecule has 0 saturated heterocycles. The second-order valence-electron chi connectivity index (χ2n) is 9.02. The zero-order valence-corrected chi connectivity index (χ0v) is 20.9. The number of amides is 3. The summed E-state index contributed by atoms with van der Waals surface area (Å²) in [7, 11) is 3.27. The molecule has 3 rings (SSSR count). The number of methoxy groups -OCH3 is 1. The van der Waals surface area contributed by atoms with Gasteiger partial charge in [0, 0.05) is 50.8 Å². The van der Waals surface area contributed by atoms with E-state index in [1.165, 1.54) is 0 Å². The molecule has 2 heterocycles. The number of aliphatic hydroxyl groups excluding tert-OH is 1. The van der Waals surface area contributed by atoms with Gasteiger partial charge in [0.25, 0.3) is 0 Å². The highest BCUT2D eigenvalue weighted by Crippen LogP contribution is 2.19. The molecule has 2 N–H and O–H groups in total. The first-order valence-electron chi connectivity index (χ1n) is 11.9. The molecule has 1 aromatic heterocycles. The van der Waals surface area contributed by atoms with Crippen molar-refractivity contribution in [1.29, 1.82) is 0 Å². The minimum Gasteiger partial charge on any atom is -0.497 e. The van der Waals surface area contributed by atoms with Crippen molar-refractivity contribution in [1.82, 2.24) is 24.8 Å². The van der Waals surface area contributed by atoms with Crippen molar-refractivity contribution >= 4 is 17.6 Å². The molecule has 2 aromatic rings. The molecule has 0 fully saturated rings. The number of carbonyl (C=O) groups excluding carboxylic acids is 2. The van der Waals surface area contributed by atoms with Crippen molar-refractivity contribution in [2.45, 2.75) is 52.0 Å². The lowest BCUT2D eigenvalue weighted by Gasteiger charge is -2.35. The molecule has 11 nitrogen and oxygen atoms in total. The summed E-state index contributed by atoms with van der Waals surface area (Å²) >= 11 is 0. The molecule has 0 radical (unpaired) electrons. The fraction of sp³-hybridized carbons (Fsp3) is 0.583. The van der Waals surface area contributed by atoms with Gasteiger partial charge >= 0.3 is 6.03 Å². The van der Waals surface area contributed by atoms with Gasteiger partial charge in [0.15, 0.2) is 0 Å². The van der Waals surface area contributed by atoms with E-state index < -0.39 is 0 Å². The number of aromatic nitrogens is 3. The number of likely N-dealkylation sites (N-methyl/N-ethyl adjacent to an activating group) is 1. The highest BCUT2D eigenvalue weighted by Gasteiger charge is 2.28. The fourth-order valence-electron chi connectivity index (χ4n) is 3.97. The van der Waals surface area contributed by atoms with Crippen LogP contribution >= 0.6 is 0 Å². The monoisotopic (exact) mass is 488 g/mol. The number of aliphatic hydroxyl groups is 1. The number of carbonyl (C=O) groups is 2. The summed E-state index contributed by atoms with van der Waals surface area (Å²) in [5, 5.41) is 20.9. The van der Waals surface area contributed by atoms with E-state index in [1.54, 1.807) is 52.9 Å². The lowest BCUT2D eigenvalue weighted by molar-refractivity contribution is -0.136. The Kier molecular flexibility index (Phi) is 9.44. The number of fused-ring (bicyclic) bond motifs is 2.